The van der Waals surface area contributed by atoms with Gasteiger partial charge in [0, 0.05) is 18.8 Å². The number of nitrogens with one attached hydrogen (secondary N) is 2. The quantitative estimate of drug-likeness (QED) is 0.848. The Balaban J connectivity index is 2.26. The number of rotatable bonds is 3. The molecule has 0 bridgehead atoms. The normalized spacial score (nSPS) is 10.1. The third-order valence-corrected chi connectivity index (χ3v) is 2.38. The molecule has 0 radical (unpaired) electrons. The third-order valence-electron chi connectivity index (χ3n) is 2.38. The van der Waals surface area contributed by atoms with Crippen molar-refractivity contribution in [1.82, 2.24) is 9.97 Å². The molecule has 2 aromatic rings. The molecule has 4 heteroatoms. The van der Waals surface area contributed by atoms with E-state index in [-0.39, 0.29) is 0 Å². The van der Waals surface area contributed by atoms with Crippen LogP contribution in [0.1, 0.15) is 11.4 Å². The van der Waals surface area contributed by atoms with Crippen molar-refractivity contribution in [3.63, 3.8) is 0 Å². The molecule has 88 valence electrons. The van der Waals surface area contributed by atoms with Crippen molar-refractivity contribution in [2.45, 2.75) is 13.8 Å². The lowest BCUT2D eigenvalue weighted by atomic mass is 10.2. The molecule has 17 heavy (non-hydrogen) atoms. The molecule has 1 aromatic heterocycles. The monoisotopic (exact) mass is 228 g/mol. The van der Waals surface area contributed by atoms with Gasteiger partial charge in [-0.1, -0.05) is 12.1 Å². The largest absolute Gasteiger partial charge is 0.373 e. The van der Waals surface area contributed by atoms with Crippen molar-refractivity contribution in [1.29, 1.82) is 0 Å². The number of aryl methyl sites for hydroxylation is 2. The highest BCUT2D eigenvalue weighted by molar-refractivity contribution is 5.59. The Morgan fingerprint density at radius 2 is 1.76 bits per heavy atom. The average Bonchev–Trinajstić information content (AvgIpc) is 2.28. The summed E-state index contributed by atoms with van der Waals surface area (Å²) in [6.07, 6.45) is 0. The fraction of sp³-hybridized carbons (Fsp3) is 0.231. The second kappa shape index (κ2) is 4.82. The average molecular weight is 228 g/mol. The number of nitrogens with zero attached hydrogens (tertiary/aromatic N) is 2. The second-order valence-electron chi connectivity index (χ2n) is 3.93. The highest BCUT2D eigenvalue weighted by atomic mass is 15.1. The van der Waals surface area contributed by atoms with Gasteiger partial charge in [-0.15, -0.1) is 0 Å². The molecule has 0 unspecified atom stereocenters. The first-order valence-corrected chi connectivity index (χ1v) is 5.54. The number of benzene rings is 1. The first-order valence-electron chi connectivity index (χ1n) is 5.54. The number of anilines is 3. The maximum Gasteiger partial charge on any atom is 0.136 e. The summed E-state index contributed by atoms with van der Waals surface area (Å²) >= 11 is 0. The topological polar surface area (TPSA) is 49.8 Å². The molecule has 0 aliphatic carbocycles. The summed E-state index contributed by atoms with van der Waals surface area (Å²) in [5, 5.41) is 6.28. The van der Waals surface area contributed by atoms with Crippen LogP contribution in [-0.2, 0) is 0 Å². The van der Waals surface area contributed by atoms with Crippen LogP contribution < -0.4 is 10.6 Å². The van der Waals surface area contributed by atoms with Crippen LogP contribution in [0.25, 0.3) is 0 Å². The van der Waals surface area contributed by atoms with Crippen LogP contribution in [0.15, 0.2) is 30.3 Å². The van der Waals surface area contributed by atoms with Gasteiger partial charge in [-0.2, -0.15) is 0 Å². The molecule has 0 aliphatic heterocycles. The van der Waals surface area contributed by atoms with Crippen molar-refractivity contribution in [3.05, 3.63) is 41.7 Å². The van der Waals surface area contributed by atoms with Gasteiger partial charge < -0.3 is 10.6 Å². The maximum absolute atomic E-state index is 4.34. The Morgan fingerprint density at radius 3 is 2.47 bits per heavy atom. The first kappa shape index (κ1) is 11.4. The summed E-state index contributed by atoms with van der Waals surface area (Å²) in [4.78, 5) is 8.59. The van der Waals surface area contributed by atoms with Crippen molar-refractivity contribution >= 4 is 17.3 Å². The van der Waals surface area contributed by atoms with Crippen molar-refractivity contribution < 1.29 is 0 Å². The van der Waals surface area contributed by atoms with E-state index < -0.39 is 0 Å². The van der Waals surface area contributed by atoms with E-state index in [9.17, 15) is 0 Å². The van der Waals surface area contributed by atoms with E-state index >= 15 is 0 Å². The molecule has 0 aliphatic rings. The number of hydrogen-bond donors (Lipinski definition) is 2. The van der Waals surface area contributed by atoms with Crippen molar-refractivity contribution in [2.75, 3.05) is 17.7 Å². The lowest BCUT2D eigenvalue weighted by molar-refractivity contribution is 1.06. The Labute approximate surface area is 101 Å². The zero-order valence-corrected chi connectivity index (χ0v) is 10.3. The Hall–Kier alpha value is -2.10. The molecule has 0 saturated heterocycles. The highest BCUT2D eigenvalue weighted by Crippen LogP contribution is 2.17. The lowest BCUT2D eigenvalue weighted by Gasteiger charge is -2.08. The molecule has 0 atom stereocenters. The van der Waals surface area contributed by atoms with Gasteiger partial charge in [0.2, 0.25) is 0 Å². The zero-order valence-electron chi connectivity index (χ0n) is 10.3. The van der Waals surface area contributed by atoms with Gasteiger partial charge in [0.15, 0.2) is 0 Å². The van der Waals surface area contributed by atoms with Crippen LogP contribution in [0.3, 0.4) is 0 Å². The molecule has 0 amide bonds. The van der Waals surface area contributed by atoms with Crippen molar-refractivity contribution in [2.24, 2.45) is 0 Å². The fourth-order valence-corrected chi connectivity index (χ4v) is 1.63. The van der Waals surface area contributed by atoms with Gasteiger partial charge in [0.25, 0.3) is 0 Å². The van der Waals surface area contributed by atoms with Crippen LogP contribution >= 0.6 is 0 Å². The van der Waals surface area contributed by atoms with E-state index in [4.69, 9.17) is 0 Å². The summed E-state index contributed by atoms with van der Waals surface area (Å²) in [5.41, 5.74) is 2.25. The molecule has 0 spiro atoms. The van der Waals surface area contributed by atoms with E-state index in [1.165, 1.54) is 5.56 Å². The smallest absolute Gasteiger partial charge is 0.136 e. The summed E-state index contributed by atoms with van der Waals surface area (Å²) in [7, 11) is 1.85. The van der Waals surface area contributed by atoms with E-state index in [0.717, 1.165) is 23.1 Å². The number of hydrogen-bond acceptors (Lipinski definition) is 4. The van der Waals surface area contributed by atoms with Crippen LogP contribution in [0.4, 0.5) is 17.3 Å². The summed E-state index contributed by atoms with van der Waals surface area (Å²) in [5.74, 6) is 2.35. The Bertz CT molecular complexity index is 523. The third kappa shape index (κ3) is 2.93. The minimum absolute atomic E-state index is 0.743. The SMILES string of the molecule is CNc1cc(Nc2cccc(C)c2)nc(C)n1. The molecular formula is C13H16N4. The van der Waals surface area contributed by atoms with Gasteiger partial charge in [-0.3, -0.25) is 0 Å². The van der Waals surface area contributed by atoms with E-state index in [1.807, 2.05) is 32.2 Å². The molecule has 1 heterocycles. The second-order valence-corrected chi connectivity index (χ2v) is 3.93. The molecule has 2 rings (SSSR count). The van der Waals surface area contributed by atoms with Crippen LogP contribution in [-0.4, -0.2) is 17.0 Å². The minimum Gasteiger partial charge on any atom is -0.373 e. The molecule has 0 fully saturated rings. The Kier molecular flexibility index (Phi) is 3.23. The van der Waals surface area contributed by atoms with Crippen LogP contribution in [0.5, 0.6) is 0 Å². The van der Waals surface area contributed by atoms with Crippen LogP contribution in [0, 0.1) is 13.8 Å². The predicted molar refractivity (Wildman–Crippen MR) is 70.8 cm³/mol. The van der Waals surface area contributed by atoms with Crippen molar-refractivity contribution in [3.8, 4) is 0 Å². The van der Waals surface area contributed by atoms with Gasteiger partial charge in [-0.25, -0.2) is 9.97 Å². The number of aromatic nitrogens is 2. The summed E-state index contributed by atoms with van der Waals surface area (Å²) in [6, 6.07) is 10.1. The van der Waals surface area contributed by atoms with Gasteiger partial charge in [0.1, 0.15) is 17.5 Å². The van der Waals surface area contributed by atoms with Gasteiger partial charge >= 0.3 is 0 Å². The minimum atomic E-state index is 0.743. The van der Waals surface area contributed by atoms with E-state index in [0.29, 0.717) is 0 Å². The predicted octanol–water partition coefficient (Wildman–Crippen LogP) is 2.88. The highest BCUT2D eigenvalue weighted by Gasteiger charge is 2.01. The van der Waals surface area contributed by atoms with Gasteiger partial charge in [0.05, 0.1) is 0 Å². The first-order chi connectivity index (χ1) is 8.17. The summed E-state index contributed by atoms with van der Waals surface area (Å²) in [6.45, 7) is 3.94. The molecular weight excluding hydrogens is 212 g/mol. The molecule has 0 saturated carbocycles. The van der Waals surface area contributed by atoms with E-state index in [1.54, 1.807) is 0 Å². The summed E-state index contributed by atoms with van der Waals surface area (Å²) < 4.78 is 0. The zero-order chi connectivity index (χ0) is 12.3. The van der Waals surface area contributed by atoms with Crippen LogP contribution in [0.2, 0.25) is 0 Å². The van der Waals surface area contributed by atoms with E-state index in [2.05, 4.69) is 39.7 Å². The lowest BCUT2D eigenvalue weighted by Crippen LogP contribution is -2.01. The molecule has 4 nitrogen and oxygen atoms in total. The fourth-order valence-electron chi connectivity index (χ4n) is 1.63. The van der Waals surface area contributed by atoms with Gasteiger partial charge in [-0.05, 0) is 31.5 Å². The molecule has 1 aromatic carbocycles. The standard InChI is InChI=1S/C13H16N4/c1-9-5-4-6-11(7-9)17-13-8-12(14-3)15-10(2)16-13/h4-8H,1-3H3,(H2,14,15,16,17). The maximum atomic E-state index is 4.34. The molecule has 2 N–H and O–H groups in total. The Morgan fingerprint density at radius 1 is 1.00 bits per heavy atom.